The Morgan fingerprint density at radius 1 is 1.44 bits per heavy atom. The number of guanidine groups is 1. The molecule has 0 saturated heterocycles. The van der Waals surface area contributed by atoms with Gasteiger partial charge in [0.1, 0.15) is 0 Å². The Labute approximate surface area is 97.0 Å². The van der Waals surface area contributed by atoms with Crippen LogP contribution in [0, 0.1) is 5.41 Å². The van der Waals surface area contributed by atoms with E-state index < -0.39 is 0 Å². The van der Waals surface area contributed by atoms with E-state index in [9.17, 15) is 0 Å². The van der Waals surface area contributed by atoms with Gasteiger partial charge < -0.3 is 10.6 Å². The van der Waals surface area contributed by atoms with Crippen LogP contribution >= 0.6 is 0 Å². The average molecular weight is 220 g/mol. The number of nitrogens with one attached hydrogen (secondary N) is 1. The number of nitrogens with two attached hydrogens (primary N) is 1. The van der Waals surface area contributed by atoms with E-state index in [1.165, 1.54) is 12.8 Å². The van der Waals surface area contributed by atoms with Crippen LogP contribution in [0.4, 0.5) is 0 Å². The van der Waals surface area contributed by atoms with Crippen molar-refractivity contribution in [1.29, 1.82) is 5.41 Å². The highest BCUT2D eigenvalue weighted by atomic mass is 15.2. The monoisotopic (exact) mass is 220 g/mol. The number of unbranched alkanes of at least 4 members (excludes halogenated alkanes) is 2. The Morgan fingerprint density at radius 3 is 2.81 bits per heavy atom. The van der Waals surface area contributed by atoms with Gasteiger partial charge in [-0.05, 0) is 18.6 Å². The molecule has 1 aromatic rings. The number of rotatable bonds is 6. The summed E-state index contributed by atoms with van der Waals surface area (Å²) in [5, 5.41) is 7.51. The molecule has 0 aliphatic heterocycles. The summed E-state index contributed by atoms with van der Waals surface area (Å²) in [5.41, 5.74) is 6.50. The lowest BCUT2D eigenvalue weighted by Crippen LogP contribution is -2.36. The fourth-order valence-electron chi connectivity index (χ4n) is 1.52. The Balaban J connectivity index is 2.48. The summed E-state index contributed by atoms with van der Waals surface area (Å²) in [4.78, 5) is 6.09. The third-order valence-corrected chi connectivity index (χ3v) is 2.45. The quantitative estimate of drug-likeness (QED) is 0.437. The van der Waals surface area contributed by atoms with E-state index in [1.807, 2.05) is 23.1 Å². The van der Waals surface area contributed by atoms with Crippen molar-refractivity contribution < 1.29 is 0 Å². The second kappa shape index (κ2) is 6.82. The van der Waals surface area contributed by atoms with Gasteiger partial charge in [0.25, 0.3) is 0 Å². The molecule has 0 fully saturated rings. The fourth-order valence-corrected chi connectivity index (χ4v) is 1.52. The minimum atomic E-state index is 0.127. The van der Waals surface area contributed by atoms with Gasteiger partial charge in [-0.1, -0.05) is 25.8 Å². The van der Waals surface area contributed by atoms with Crippen LogP contribution in [0.5, 0.6) is 0 Å². The van der Waals surface area contributed by atoms with Gasteiger partial charge in [0.15, 0.2) is 5.96 Å². The molecular formula is C12H20N4. The Morgan fingerprint density at radius 2 is 2.25 bits per heavy atom. The summed E-state index contributed by atoms with van der Waals surface area (Å²) >= 11 is 0. The molecule has 0 aliphatic carbocycles. The van der Waals surface area contributed by atoms with Crippen LogP contribution in [-0.4, -0.2) is 22.4 Å². The van der Waals surface area contributed by atoms with Crippen LogP contribution in [0.2, 0.25) is 0 Å². The second-order valence-corrected chi connectivity index (χ2v) is 3.83. The smallest absolute Gasteiger partial charge is 0.188 e. The third-order valence-electron chi connectivity index (χ3n) is 2.45. The molecule has 0 amide bonds. The number of hydrogen-bond donors (Lipinski definition) is 2. The number of nitrogens with zero attached hydrogens (tertiary/aromatic N) is 2. The fraction of sp³-hybridized carbons (Fsp3) is 0.500. The van der Waals surface area contributed by atoms with Crippen molar-refractivity contribution >= 4 is 5.96 Å². The van der Waals surface area contributed by atoms with Crippen molar-refractivity contribution in [3.63, 3.8) is 0 Å². The maximum atomic E-state index is 7.51. The molecule has 0 radical (unpaired) electrons. The summed E-state index contributed by atoms with van der Waals surface area (Å²) in [5.74, 6) is 0.127. The maximum absolute atomic E-state index is 7.51. The Kier molecular flexibility index (Phi) is 5.32. The molecular weight excluding hydrogens is 200 g/mol. The van der Waals surface area contributed by atoms with Crippen molar-refractivity contribution in [1.82, 2.24) is 9.88 Å². The molecule has 3 N–H and O–H groups in total. The molecule has 1 rings (SSSR count). The van der Waals surface area contributed by atoms with Gasteiger partial charge in [-0.15, -0.1) is 0 Å². The first kappa shape index (κ1) is 12.5. The van der Waals surface area contributed by atoms with E-state index in [0.717, 1.165) is 18.7 Å². The van der Waals surface area contributed by atoms with Crippen LogP contribution in [0.15, 0.2) is 24.4 Å². The summed E-state index contributed by atoms with van der Waals surface area (Å²) in [6.07, 6.45) is 5.18. The highest BCUT2D eigenvalue weighted by Crippen LogP contribution is 2.03. The normalized spacial score (nSPS) is 10.1. The molecule has 1 aromatic heterocycles. The maximum Gasteiger partial charge on any atom is 0.188 e. The van der Waals surface area contributed by atoms with Crippen LogP contribution < -0.4 is 5.73 Å². The number of hydrogen-bond acceptors (Lipinski definition) is 2. The molecule has 0 aromatic carbocycles. The molecule has 0 saturated carbocycles. The zero-order valence-electron chi connectivity index (χ0n) is 9.82. The van der Waals surface area contributed by atoms with E-state index in [0.29, 0.717) is 6.54 Å². The molecule has 1 heterocycles. The number of pyridine rings is 1. The van der Waals surface area contributed by atoms with E-state index >= 15 is 0 Å². The predicted molar refractivity (Wildman–Crippen MR) is 66.1 cm³/mol. The van der Waals surface area contributed by atoms with E-state index in [-0.39, 0.29) is 5.96 Å². The zero-order chi connectivity index (χ0) is 11.8. The lowest BCUT2D eigenvalue weighted by atomic mass is 10.2. The first-order valence-electron chi connectivity index (χ1n) is 5.73. The highest BCUT2D eigenvalue weighted by Gasteiger charge is 2.07. The van der Waals surface area contributed by atoms with Gasteiger partial charge in [-0.3, -0.25) is 10.4 Å². The van der Waals surface area contributed by atoms with Gasteiger partial charge >= 0.3 is 0 Å². The van der Waals surface area contributed by atoms with Crippen LogP contribution in [0.1, 0.15) is 31.9 Å². The second-order valence-electron chi connectivity index (χ2n) is 3.83. The van der Waals surface area contributed by atoms with Gasteiger partial charge in [0.2, 0.25) is 0 Å². The first-order valence-corrected chi connectivity index (χ1v) is 5.73. The first-order chi connectivity index (χ1) is 7.74. The van der Waals surface area contributed by atoms with Gasteiger partial charge in [-0.2, -0.15) is 0 Å². The molecule has 0 atom stereocenters. The van der Waals surface area contributed by atoms with Crippen LogP contribution in [-0.2, 0) is 6.54 Å². The molecule has 0 bridgehead atoms. The average Bonchev–Trinajstić information content (AvgIpc) is 2.29. The summed E-state index contributed by atoms with van der Waals surface area (Å²) in [6.45, 7) is 3.62. The Hall–Kier alpha value is -1.58. The van der Waals surface area contributed by atoms with Crippen molar-refractivity contribution in [3.8, 4) is 0 Å². The van der Waals surface area contributed by atoms with Gasteiger partial charge in [0.05, 0.1) is 12.2 Å². The third kappa shape index (κ3) is 4.29. The lowest BCUT2D eigenvalue weighted by Gasteiger charge is -2.21. The molecule has 88 valence electrons. The molecule has 16 heavy (non-hydrogen) atoms. The predicted octanol–water partition coefficient (Wildman–Crippen LogP) is 1.97. The van der Waals surface area contributed by atoms with Crippen molar-refractivity contribution in [2.75, 3.05) is 6.54 Å². The minimum absolute atomic E-state index is 0.127. The summed E-state index contributed by atoms with van der Waals surface area (Å²) in [6, 6.07) is 5.79. The molecule has 4 heteroatoms. The molecule has 0 spiro atoms. The van der Waals surface area contributed by atoms with Crippen LogP contribution in [0.3, 0.4) is 0 Å². The van der Waals surface area contributed by atoms with Crippen molar-refractivity contribution in [2.24, 2.45) is 5.73 Å². The molecule has 4 nitrogen and oxygen atoms in total. The van der Waals surface area contributed by atoms with Crippen molar-refractivity contribution in [3.05, 3.63) is 30.1 Å². The van der Waals surface area contributed by atoms with Gasteiger partial charge in [0, 0.05) is 12.7 Å². The minimum Gasteiger partial charge on any atom is -0.370 e. The van der Waals surface area contributed by atoms with Crippen LogP contribution in [0.25, 0.3) is 0 Å². The van der Waals surface area contributed by atoms with E-state index in [1.54, 1.807) is 6.20 Å². The number of aromatic nitrogens is 1. The summed E-state index contributed by atoms with van der Waals surface area (Å²) in [7, 11) is 0. The van der Waals surface area contributed by atoms with E-state index in [2.05, 4.69) is 11.9 Å². The largest absolute Gasteiger partial charge is 0.370 e. The zero-order valence-corrected chi connectivity index (χ0v) is 9.82. The SMILES string of the molecule is CCCCCN(Cc1ccccn1)C(=N)N. The Bertz CT molecular complexity index is 310. The topological polar surface area (TPSA) is 66.0 Å². The van der Waals surface area contributed by atoms with Gasteiger partial charge in [-0.25, -0.2) is 0 Å². The van der Waals surface area contributed by atoms with Crippen molar-refractivity contribution in [2.45, 2.75) is 32.7 Å². The lowest BCUT2D eigenvalue weighted by molar-refractivity contribution is 0.386. The highest BCUT2D eigenvalue weighted by molar-refractivity contribution is 5.74. The standard InChI is InChI=1S/C12H20N4/c1-2-3-6-9-16(12(13)14)10-11-7-4-5-8-15-11/h4-5,7-8H,2-3,6,9-10H2,1H3,(H3,13,14). The molecule has 0 aliphatic rings. The molecule has 0 unspecified atom stereocenters. The van der Waals surface area contributed by atoms with E-state index in [4.69, 9.17) is 11.1 Å². The summed E-state index contributed by atoms with van der Waals surface area (Å²) < 4.78 is 0.